The first-order valence-corrected chi connectivity index (χ1v) is 6.01. The number of nitrogens with one attached hydrogen (secondary N) is 1. The van der Waals surface area contributed by atoms with Crippen LogP contribution in [0.15, 0.2) is 48.5 Å². The molecule has 2 aromatic carbocycles. The van der Waals surface area contributed by atoms with Gasteiger partial charge in [-0.1, -0.05) is 18.2 Å². The molecule has 0 unspecified atom stereocenters. The molecule has 0 radical (unpaired) electrons. The second-order valence-corrected chi connectivity index (χ2v) is 3.76. The average Bonchev–Trinajstić information content (AvgIpc) is 2.42. The molecule has 0 spiro atoms. The van der Waals surface area contributed by atoms with Crippen molar-refractivity contribution in [2.75, 3.05) is 19.0 Å². The predicted molar refractivity (Wildman–Crippen MR) is 73.7 cm³/mol. The van der Waals surface area contributed by atoms with Gasteiger partial charge in [-0.2, -0.15) is 0 Å². The molecule has 0 saturated carbocycles. The molecular formula is C15H17NO2. The monoisotopic (exact) mass is 243 g/mol. The third-order valence-electron chi connectivity index (χ3n) is 2.50. The van der Waals surface area contributed by atoms with Crippen LogP contribution in [0.4, 0.5) is 5.69 Å². The third kappa shape index (κ3) is 2.94. The zero-order valence-electron chi connectivity index (χ0n) is 10.6. The van der Waals surface area contributed by atoms with E-state index in [9.17, 15) is 0 Å². The molecule has 0 aliphatic carbocycles. The van der Waals surface area contributed by atoms with Crippen LogP contribution >= 0.6 is 0 Å². The first-order valence-electron chi connectivity index (χ1n) is 6.01. The molecule has 0 fully saturated rings. The molecule has 0 aromatic heterocycles. The SMILES string of the molecule is CCOc1ccc(Oc2ccccc2)cc1NC. The van der Waals surface area contributed by atoms with Gasteiger partial charge in [0.25, 0.3) is 0 Å². The summed E-state index contributed by atoms with van der Waals surface area (Å²) < 4.78 is 11.3. The maximum absolute atomic E-state index is 5.76. The van der Waals surface area contributed by atoms with Gasteiger partial charge in [0, 0.05) is 13.1 Å². The first-order chi connectivity index (χ1) is 8.83. The Balaban J connectivity index is 2.19. The van der Waals surface area contributed by atoms with Crippen LogP contribution in [0.5, 0.6) is 17.2 Å². The van der Waals surface area contributed by atoms with Gasteiger partial charge in [0.15, 0.2) is 0 Å². The minimum absolute atomic E-state index is 0.646. The Morgan fingerprint density at radius 3 is 2.44 bits per heavy atom. The Bertz CT molecular complexity index is 497. The number of hydrogen-bond donors (Lipinski definition) is 1. The fraction of sp³-hybridized carbons (Fsp3) is 0.200. The lowest BCUT2D eigenvalue weighted by Crippen LogP contribution is -1.97. The van der Waals surface area contributed by atoms with E-state index < -0.39 is 0 Å². The molecule has 0 amide bonds. The van der Waals surface area contributed by atoms with E-state index >= 15 is 0 Å². The Hall–Kier alpha value is -2.16. The van der Waals surface area contributed by atoms with Crippen molar-refractivity contribution in [3.63, 3.8) is 0 Å². The molecule has 2 rings (SSSR count). The lowest BCUT2D eigenvalue weighted by atomic mass is 10.2. The number of hydrogen-bond acceptors (Lipinski definition) is 3. The lowest BCUT2D eigenvalue weighted by molar-refractivity contribution is 0.341. The number of ether oxygens (including phenoxy) is 2. The van der Waals surface area contributed by atoms with E-state index in [1.54, 1.807) is 0 Å². The summed E-state index contributed by atoms with van der Waals surface area (Å²) in [5.74, 6) is 2.44. The standard InChI is InChI=1S/C15H17NO2/c1-3-17-15-10-9-13(11-14(15)16-2)18-12-7-5-4-6-8-12/h4-11,16H,3H2,1-2H3. The van der Waals surface area contributed by atoms with E-state index in [4.69, 9.17) is 9.47 Å². The molecule has 0 heterocycles. The summed E-state index contributed by atoms with van der Waals surface area (Å²) in [7, 11) is 1.87. The maximum Gasteiger partial charge on any atom is 0.142 e. The van der Waals surface area contributed by atoms with E-state index in [0.717, 1.165) is 22.9 Å². The van der Waals surface area contributed by atoms with Gasteiger partial charge < -0.3 is 14.8 Å². The van der Waals surface area contributed by atoms with Gasteiger partial charge >= 0.3 is 0 Å². The van der Waals surface area contributed by atoms with Crippen LogP contribution in [0.1, 0.15) is 6.92 Å². The molecule has 0 saturated heterocycles. The highest BCUT2D eigenvalue weighted by molar-refractivity contribution is 5.59. The van der Waals surface area contributed by atoms with Gasteiger partial charge in [0.1, 0.15) is 17.2 Å². The second-order valence-electron chi connectivity index (χ2n) is 3.76. The highest BCUT2D eigenvalue weighted by Gasteiger charge is 2.04. The fourth-order valence-corrected chi connectivity index (χ4v) is 1.67. The molecule has 94 valence electrons. The van der Waals surface area contributed by atoms with Crippen LogP contribution in [0.2, 0.25) is 0 Å². The minimum Gasteiger partial charge on any atom is -0.492 e. The summed E-state index contributed by atoms with van der Waals surface area (Å²) >= 11 is 0. The van der Waals surface area contributed by atoms with Crippen molar-refractivity contribution < 1.29 is 9.47 Å². The van der Waals surface area contributed by atoms with Crippen LogP contribution < -0.4 is 14.8 Å². The summed E-state index contributed by atoms with van der Waals surface area (Å²) in [5.41, 5.74) is 0.922. The summed E-state index contributed by atoms with van der Waals surface area (Å²) in [6.45, 7) is 2.61. The van der Waals surface area contributed by atoms with E-state index in [-0.39, 0.29) is 0 Å². The fourth-order valence-electron chi connectivity index (χ4n) is 1.67. The van der Waals surface area contributed by atoms with Crippen LogP contribution in [0.25, 0.3) is 0 Å². The molecule has 2 aromatic rings. The topological polar surface area (TPSA) is 30.5 Å². The lowest BCUT2D eigenvalue weighted by Gasteiger charge is -2.12. The zero-order chi connectivity index (χ0) is 12.8. The Labute approximate surface area is 107 Å². The van der Waals surface area contributed by atoms with Crippen LogP contribution in [-0.2, 0) is 0 Å². The van der Waals surface area contributed by atoms with Crippen LogP contribution in [0.3, 0.4) is 0 Å². The van der Waals surface area contributed by atoms with Crippen molar-refractivity contribution in [2.45, 2.75) is 6.92 Å². The predicted octanol–water partition coefficient (Wildman–Crippen LogP) is 3.92. The smallest absolute Gasteiger partial charge is 0.142 e. The van der Waals surface area contributed by atoms with Crippen molar-refractivity contribution in [2.24, 2.45) is 0 Å². The van der Waals surface area contributed by atoms with Crippen molar-refractivity contribution in [1.82, 2.24) is 0 Å². The molecule has 0 aliphatic rings. The third-order valence-corrected chi connectivity index (χ3v) is 2.50. The maximum atomic E-state index is 5.76. The van der Waals surface area contributed by atoms with Crippen molar-refractivity contribution in [1.29, 1.82) is 0 Å². The minimum atomic E-state index is 0.646. The first kappa shape index (κ1) is 12.3. The van der Waals surface area contributed by atoms with Gasteiger partial charge in [-0.25, -0.2) is 0 Å². The molecule has 0 bridgehead atoms. The highest BCUT2D eigenvalue weighted by atomic mass is 16.5. The molecule has 3 nitrogen and oxygen atoms in total. The number of benzene rings is 2. The highest BCUT2D eigenvalue weighted by Crippen LogP contribution is 2.31. The summed E-state index contributed by atoms with van der Waals surface area (Å²) in [5, 5.41) is 3.10. The van der Waals surface area contributed by atoms with E-state index in [2.05, 4.69) is 5.32 Å². The molecular weight excluding hydrogens is 226 g/mol. The van der Waals surface area contributed by atoms with E-state index in [0.29, 0.717) is 6.61 Å². The van der Waals surface area contributed by atoms with Gasteiger partial charge in [0.2, 0.25) is 0 Å². The molecule has 1 N–H and O–H groups in total. The molecule has 0 atom stereocenters. The van der Waals surface area contributed by atoms with Crippen LogP contribution in [-0.4, -0.2) is 13.7 Å². The summed E-state index contributed by atoms with van der Waals surface area (Å²) in [4.78, 5) is 0. The Morgan fingerprint density at radius 2 is 1.78 bits per heavy atom. The van der Waals surface area contributed by atoms with Crippen molar-refractivity contribution >= 4 is 5.69 Å². The van der Waals surface area contributed by atoms with Gasteiger partial charge in [-0.05, 0) is 31.2 Å². The number of para-hydroxylation sites is 1. The molecule has 18 heavy (non-hydrogen) atoms. The summed E-state index contributed by atoms with van der Waals surface area (Å²) in [6.07, 6.45) is 0. The Morgan fingerprint density at radius 1 is 1.00 bits per heavy atom. The second kappa shape index (κ2) is 5.96. The van der Waals surface area contributed by atoms with Gasteiger partial charge in [-0.15, -0.1) is 0 Å². The Kier molecular flexibility index (Phi) is 4.07. The molecule has 0 aliphatic heterocycles. The van der Waals surface area contributed by atoms with E-state index in [1.165, 1.54) is 0 Å². The quantitative estimate of drug-likeness (QED) is 0.863. The van der Waals surface area contributed by atoms with Gasteiger partial charge in [0.05, 0.1) is 12.3 Å². The van der Waals surface area contributed by atoms with Crippen LogP contribution in [0, 0.1) is 0 Å². The number of anilines is 1. The summed E-state index contributed by atoms with van der Waals surface area (Å²) in [6, 6.07) is 15.4. The van der Waals surface area contributed by atoms with E-state index in [1.807, 2.05) is 62.5 Å². The largest absolute Gasteiger partial charge is 0.492 e. The van der Waals surface area contributed by atoms with Gasteiger partial charge in [-0.3, -0.25) is 0 Å². The normalized spacial score (nSPS) is 9.89. The van der Waals surface area contributed by atoms with Crippen molar-refractivity contribution in [3.8, 4) is 17.2 Å². The zero-order valence-corrected chi connectivity index (χ0v) is 10.6. The average molecular weight is 243 g/mol. The number of rotatable bonds is 5. The molecule has 3 heteroatoms. The van der Waals surface area contributed by atoms with Crippen molar-refractivity contribution in [3.05, 3.63) is 48.5 Å².